The van der Waals surface area contributed by atoms with Crippen molar-refractivity contribution >= 4 is 28.3 Å². The minimum atomic E-state index is -0.240. The molecule has 0 aliphatic carbocycles. The third kappa shape index (κ3) is 2.13. The van der Waals surface area contributed by atoms with Crippen molar-refractivity contribution in [2.75, 3.05) is 7.11 Å². The summed E-state index contributed by atoms with van der Waals surface area (Å²) in [6.07, 6.45) is 3.17. The van der Waals surface area contributed by atoms with Gasteiger partial charge >= 0.3 is 0 Å². The van der Waals surface area contributed by atoms with E-state index >= 15 is 0 Å². The van der Waals surface area contributed by atoms with Crippen molar-refractivity contribution in [3.8, 4) is 11.4 Å². The van der Waals surface area contributed by atoms with Crippen molar-refractivity contribution in [2.24, 2.45) is 0 Å². The molecule has 0 amide bonds. The molecule has 120 valence electrons. The van der Waals surface area contributed by atoms with Gasteiger partial charge in [-0.3, -0.25) is 9.36 Å². The van der Waals surface area contributed by atoms with Crippen molar-refractivity contribution in [1.29, 1.82) is 0 Å². The third-order valence-corrected chi connectivity index (χ3v) is 3.98. The van der Waals surface area contributed by atoms with E-state index in [1.54, 1.807) is 49.0 Å². The summed E-state index contributed by atoms with van der Waals surface area (Å²) in [6, 6.07) is 6.90. The van der Waals surface area contributed by atoms with E-state index < -0.39 is 0 Å². The van der Waals surface area contributed by atoms with E-state index in [2.05, 4.69) is 15.1 Å². The molecule has 1 aromatic carbocycles. The summed E-state index contributed by atoms with van der Waals surface area (Å²) in [4.78, 5) is 21.3. The van der Waals surface area contributed by atoms with E-state index in [1.807, 2.05) is 0 Å². The third-order valence-electron chi connectivity index (χ3n) is 3.74. The maximum Gasteiger partial charge on any atom is 0.266 e. The highest BCUT2D eigenvalue weighted by atomic mass is 35.5. The van der Waals surface area contributed by atoms with Gasteiger partial charge in [-0.1, -0.05) is 11.6 Å². The summed E-state index contributed by atoms with van der Waals surface area (Å²) < 4.78 is 8.37. The lowest BCUT2D eigenvalue weighted by Gasteiger charge is -2.12. The molecule has 0 radical (unpaired) electrons. The Bertz CT molecular complexity index is 1150. The first kappa shape index (κ1) is 14.6. The molecule has 0 atom stereocenters. The van der Waals surface area contributed by atoms with E-state index in [9.17, 15) is 4.79 Å². The van der Waals surface area contributed by atoms with Crippen LogP contribution in [0.2, 0.25) is 5.02 Å². The van der Waals surface area contributed by atoms with Gasteiger partial charge in [-0.05, 0) is 31.2 Å². The Hall–Kier alpha value is -2.93. The van der Waals surface area contributed by atoms with Crippen LogP contribution >= 0.6 is 11.6 Å². The molecule has 0 spiro atoms. The largest absolute Gasteiger partial charge is 0.495 e. The Morgan fingerprint density at radius 1 is 1.25 bits per heavy atom. The molecule has 0 bridgehead atoms. The highest BCUT2D eigenvalue weighted by Crippen LogP contribution is 2.26. The molecule has 7 nitrogen and oxygen atoms in total. The Labute approximate surface area is 141 Å². The molecule has 0 N–H and O–H groups in total. The number of fused-ring (bicyclic) bond motifs is 3. The molecule has 0 saturated carbocycles. The number of rotatable bonds is 2. The van der Waals surface area contributed by atoms with Crippen LogP contribution in [0.4, 0.5) is 0 Å². The van der Waals surface area contributed by atoms with E-state index in [-0.39, 0.29) is 5.56 Å². The predicted octanol–water partition coefficient (Wildman–Crippen LogP) is 2.40. The second kappa shape index (κ2) is 5.31. The first-order valence-electron chi connectivity index (χ1n) is 7.16. The van der Waals surface area contributed by atoms with Crippen molar-refractivity contribution in [3.63, 3.8) is 0 Å². The number of pyridine rings is 1. The van der Waals surface area contributed by atoms with E-state index in [0.717, 1.165) is 0 Å². The molecule has 3 aromatic heterocycles. The van der Waals surface area contributed by atoms with Gasteiger partial charge in [0.25, 0.3) is 11.3 Å². The fourth-order valence-corrected chi connectivity index (χ4v) is 2.83. The summed E-state index contributed by atoms with van der Waals surface area (Å²) in [5, 5.41) is 5.22. The maximum atomic E-state index is 12.9. The molecule has 3 heterocycles. The van der Waals surface area contributed by atoms with Crippen LogP contribution in [0.25, 0.3) is 22.4 Å². The predicted molar refractivity (Wildman–Crippen MR) is 90.2 cm³/mol. The van der Waals surface area contributed by atoms with Gasteiger partial charge in [0.15, 0.2) is 0 Å². The van der Waals surface area contributed by atoms with Gasteiger partial charge in [-0.25, -0.2) is 4.98 Å². The van der Waals surface area contributed by atoms with Gasteiger partial charge in [0.1, 0.15) is 11.6 Å². The van der Waals surface area contributed by atoms with Crippen LogP contribution in [0.1, 0.15) is 5.82 Å². The standard InChI is InChI=1S/C16H12ClN5O2/c1-9-19-16-18-8-11-12(22(16)20-9)5-6-21(15(11)23)13-7-10(17)3-4-14(13)24-2/h3-8H,1-2H3. The highest BCUT2D eigenvalue weighted by Gasteiger charge is 2.13. The van der Waals surface area contributed by atoms with Crippen LogP contribution in [0.5, 0.6) is 5.75 Å². The van der Waals surface area contributed by atoms with Crippen molar-refractivity contribution in [2.45, 2.75) is 6.92 Å². The van der Waals surface area contributed by atoms with Gasteiger partial charge in [-0.15, -0.1) is 5.10 Å². The Kier molecular flexibility index (Phi) is 3.24. The van der Waals surface area contributed by atoms with Crippen LogP contribution < -0.4 is 10.3 Å². The van der Waals surface area contributed by atoms with E-state index in [4.69, 9.17) is 16.3 Å². The van der Waals surface area contributed by atoms with Crippen LogP contribution in [0.15, 0.2) is 41.5 Å². The Morgan fingerprint density at radius 2 is 2.08 bits per heavy atom. The van der Waals surface area contributed by atoms with Gasteiger partial charge in [0.2, 0.25) is 0 Å². The minimum Gasteiger partial charge on any atom is -0.495 e. The van der Waals surface area contributed by atoms with E-state index in [1.165, 1.54) is 10.8 Å². The second-order valence-electron chi connectivity index (χ2n) is 5.23. The summed E-state index contributed by atoms with van der Waals surface area (Å²) in [7, 11) is 1.54. The number of nitrogens with zero attached hydrogens (tertiary/aromatic N) is 5. The van der Waals surface area contributed by atoms with Crippen LogP contribution in [0, 0.1) is 6.92 Å². The zero-order valence-corrected chi connectivity index (χ0v) is 13.7. The molecule has 8 heteroatoms. The first-order chi connectivity index (χ1) is 11.6. The molecule has 0 aliphatic rings. The van der Waals surface area contributed by atoms with Crippen LogP contribution in [-0.4, -0.2) is 31.3 Å². The van der Waals surface area contributed by atoms with Crippen LogP contribution in [0.3, 0.4) is 0 Å². The van der Waals surface area contributed by atoms with Gasteiger partial charge in [-0.2, -0.15) is 9.50 Å². The van der Waals surface area contributed by atoms with Gasteiger partial charge < -0.3 is 4.74 Å². The summed E-state index contributed by atoms with van der Waals surface area (Å²) >= 11 is 6.07. The number of methoxy groups -OCH3 is 1. The molecule has 4 aromatic rings. The number of ether oxygens (including phenoxy) is 1. The van der Waals surface area contributed by atoms with Gasteiger partial charge in [0.05, 0.1) is 23.7 Å². The fourth-order valence-electron chi connectivity index (χ4n) is 2.66. The van der Waals surface area contributed by atoms with Crippen molar-refractivity contribution in [3.05, 3.63) is 57.9 Å². The zero-order chi connectivity index (χ0) is 16.8. The molecule has 0 fully saturated rings. The maximum absolute atomic E-state index is 12.9. The van der Waals surface area contributed by atoms with Crippen LogP contribution in [-0.2, 0) is 0 Å². The molecule has 24 heavy (non-hydrogen) atoms. The lowest BCUT2D eigenvalue weighted by molar-refractivity contribution is 0.412. The molecule has 4 rings (SSSR count). The molecule has 0 unspecified atom stereocenters. The van der Waals surface area contributed by atoms with E-state index in [0.29, 0.717) is 39.0 Å². The topological polar surface area (TPSA) is 74.3 Å². The normalized spacial score (nSPS) is 11.3. The molecule has 0 saturated heterocycles. The molecular weight excluding hydrogens is 330 g/mol. The first-order valence-corrected chi connectivity index (χ1v) is 7.54. The lowest BCUT2D eigenvalue weighted by atomic mass is 10.2. The monoisotopic (exact) mass is 341 g/mol. The number of halogens is 1. The average Bonchev–Trinajstić information content (AvgIpc) is 2.96. The average molecular weight is 342 g/mol. The Balaban J connectivity index is 2.05. The summed E-state index contributed by atoms with van der Waals surface area (Å²) in [5.74, 6) is 1.60. The lowest BCUT2D eigenvalue weighted by Crippen LogP contribution is -2.19. The SMILES string of the molecule is COc1ccc(Cl)cc1-n1ccc2c(cnc3nc(C)nn32)c1=O. The highest BCUT2D eigenvalue weighted by molar-refractivity contribution is 6.30. The number of hydrogen-bond donors (Lipinski definition) is 0. The quantitative estimate of drug-likeness (QED) is 0.559. The fraction of sp³-hybridized carbons (Fsp3) is 0.125. The summed E-state index contributed by atoms with van der Waals surface area (Å²) in [6.45, 7) is 1.78. The minimum absolute atomic E-state index is 0.240. The van der Waals surface area contributed by atoms with Crippen molar-refractivity contribution < 1.29 is 4.74 Å². The summed E-state index contributed by atoms with van der Waals surface area (Å²) in [5.41, 5.74) is 0.963. The second-order valence-corrected chi connectivity index (χ2v) is 5.67. The van der Waals surface area contributed by atoms with Crippen molar-refractivity contribution in [1.82, 2.24) is 24.1 Å². The molecular formula is C16H12ClN5O2. The Morgan fingerprint density at radius 3 is 2.88 bits per heavy atom. The smallest absolute Gasteiger partial charge is 0.266 e. The number of hydrogen-bond acceptors (Lipinski definition) is 5. The number of aromatic nitrogens is 5. The number of aryl methyl sites for hydroxylation is 1. The number of benzene rings is 1. The zero-order valence-electron chi connectivity index (χ0n) is 12.9. The van der Waals surface area contributed by atoms with Gasteiger partial charge in [0, 0.05) is 17.4 Å². The molecule has 0 aliphatic heterocycles.